The summed E-state index contributed by atoms with van der Waals surface area (Å²) in [5, 5.41) is 14.9. The first-order chi connectivity index (χ1) is 22.7. The second-order valence-corrected chi connectivity index (χ2v) is 12.7. The summed E-state index contributed by atoms with van der Waals surface area (Å²) >= 11 is 1.83. The second kappa shape index (κ2) is 10.6. The standard InChI is InChI=1S/C43H25NOS/c44-26-27-22-30(28-10-2-1-3-11-28)24-31(23-27)42-32(29-20-21-41-37(25-29)33-12-5-7-19-40(33)46-41)14-8-15-34(42)35-16-9-18-39-43(35)36-13-4-6-17-38(36)45-39/h1-25H. The predicted octanol–water partition coefficient (Wildman–Crippen LogP) is 12.5. The fourth-order valence-electron chi connectivity index (χ4n) is 6.85. The number of para-hydroxylation sites is 1. The van der Waals surface area contributed by atoms with Crippen LogP contribution in [0.15, 0.2) is 156 Å². The molecule has 0 spiro atoms. The lowest BCUT2D eigenvalue weighted by Gasteiger charge is -2.18. The van der Waals surface area contributed by atoms with Crippen molar-refractivity contribution in [2.75, 3.05) is 0 Å². The molecule has 0 bridgehead atoms. The molecule has 46 heavy (non-hydrogen) atoms. The van der Waals surface area contributed by atoms with E-state index in [0.717, 1.165) is 66.4 Å². The van der Waals surface area contributed by atoms with Crippen LogP contribution in [0.4, 0.5) is 0 Å². The summed E-state index contributed by atoms with van der Waals surface area (Å²) in [5.41, 5.74) is 11.0. The van der Waals surface area contributed by atoms with Crippen LogP contribution in [0.3, 0.4) is 0 Å². The second-order valence-electron chi connectivity index (χ2n) is 11.6. The van der Waals surface area contributed by atoms with E-state index >= 15 is 0 Å². The highest BCUT2D eigenvalue weighted by molar-refractivity contribution is 7.25. The third-order valence-electron chi connectivity index (χ3n) is 8.90. The summed E-state index contributed by atoms with van der Waals surface area (Å²) in [7, 11) is 0. The van der Waals surface area contributed by atoms with Crippen molar-refractivity contribution in [3.63, 3.8) is 0 Å². The molecule has 0 amide bonds. The maximum absolute atomic E-state index is 10.2. The van der Waals surface area contributed by atoms with Crippen molar-refractivity contribution in [3.8, 4) is 50.6 Å². The minimum atomic E-state index is 0.628. The Morgan fingerprint density at radius 3 is 2.04 bits per heavy atom. The van der Waals surface area contributed by atoms with Gasteiger partial charge in [-0.15, -0.1) is 11.3 Å². The molecule has 9 rings (SSSR count). The zero-order valence-electron chi connectivity index (χ0n) is 24.7. The van der Waals surface area contributed by atoms with E-state index in [4.69, 9.17) is 4.42 Å². The van der Waals surface area contributed by atoms with Gasteiger partial charge in [0.15, 0.2) is 0 Å². The predicted molar refractivity (Wildman–Crippen MR) is 193 cm³/mol. The number of fused-ring (bicyclic) bond motifs is 6. The van der Waals surface area contributed by atoms with E-state index in [2.05, 4.69) is 109 Å². The van der Waals surface area contributed by atoms with Crippen molar-refractivity contribution in [1.29, 1.82) is 5.26 Å². The minimum Gasteiger partial charge on any atom is -0.456 e. The lowest BCUT2D eigenvalue weighted by atomic mass is 9.84. The van der Waals surface area contributed by atoms with Crippen molar-refractivity contribution in [1.82, 2.24) is 0 Å². The lowest BCUT2D eigenvalue weighted by Crippen LogP contribution is -1.93. The number of nitriles is 1. The molecule has 3 heteroatoms. The Labute approximate surface area is 270 Å². The van der Waals surface area contributed by atoms with Crippen LogP contribution in [0.5, 0.6) is 0 Å². The molecule has 0 saturated carbocycles. The van der Waals surface area contributed by atoms with Crippen LogP contribution in [0.25, 0.3) is 86.6 Å². The molecule has 0 aliphatic rings. The first kappa shape index (κ1) is 26.5. The molecule has 0 fully saturated rings. The number of rotatable bonds is 4. The third-order valence-corrected chi connectivity index (χ3v) is 10.1. The van der Waals surface area contributed by atoms with Gasteiger partial charge in [-0.2, -0.15) is 5.26 Å². The Morgan fingerprint density at radius 1 is 0.457 bits per heavy atom. The minimum absolute atomic E-state index is 0.628. The van der Waals surface area contributed by atoms with Crippen LogP contribution in [0.1, 0.15) is 5.56 Å². The highest BCUT2D eigenvalue weighted by Crippen LogP contribution is 2.46. The number of hydrogen-bond acceptors (Lipinski definition) is 3. The van der Waals surface area contributed by atoms with E-state index in [1.807, 2.05) is 59.9 Å². The highest BCUT2D eigenvalue weighted by Gasteiger charge is 2.20. The fraction of sp³-hybridized carbons (Fsp3) is 0. The monoisotopic (exact) mass is 603 g/mol. The highest BCUT2D eigenvalue weighted by atomic mass is 32.1. The van der Waals surface area contributed by atoms with Crippen molar-refractivity contribution in [3.05, 3.63) is 157 Å². The van der Waals surface area contributed by atoms with Gasteiger partial charge in [0.25, 0.3) is 0 Å². The summed E-state index contributed by atoms with van der Waals surface area (Å²) in [5.74, 6) is 0. The Kier molecular flexibility index (Phi) is 6.09. The summed E-state index contributed by atoms with van der Waals surface area (Å²) in [6.07, 6.45) is 0. The molecule has 2 nitrogen and oxygen atoms in total. The average molecular weight is 604 g/mol. The Balaban J connectivity index is 1.38. The quantitative estimate of drug-likeness (QED) is 0.201. The van der Waals surface area contributed by atoms with Crippen LogP contribution in [-0.4, -0.2) is 0 Å². The Hall–Kier alpha value is -5.95. The number of nitrogens with zero attached hydrogens (tertiary/aromatic N) is 1. The van der Waals surface area contributed by atoms with Gasteiger partial charge in [-0.3, -0.25) is 0 Å². The van der Waals surface area contributed by atoms with Crippen LogP contribution in [-0.2, 0) is 0 Å². The van der Waals surface area contributed by atoms with E-state index in [1.165, 1.54) is 20.2 Å². The maximum Gasteiger partial charge on any atom is 0.136 e. The summed E-state index contributed by atoms with van der Waals surface area (Å²) in [6.45, 7) is 0. The lowest BCUT2D eigenvalue weighted by molar-refractivity contribution is 0.669. The zero-order valence-corrected chi connectivity index (χ0v) is 25.5. The molecule has 214 valence electrons. The zero-order chi connectivity index (χ0) is 30.6. The molecule has 0 radical (unpaired) electrons. The molecule has 7 aromatic carbocycles. The summed E-state index contributed by atoms with van der Waals surface area (Å²) in [4.78, 5) is 0. The van der Waals surface area contributed by atoms with Crippen molar-refractivity contribution >= 4 is 53.4 Å². The first-order valence-corrected chi connectivity index (χ1v) is 16.1. The topological polar surface area (TPSA) is 36.9 Å². The maximum atomic E-state index is 10.2. The van der Waals surface area contributed by atoms with Crippen LogP contribution >= 0.6 is 11.3 Å². The van der Waals surface area contributed by atoms with Crippen molar-refractivity contribution < 1.29 is 4.42 Å². The van der Waals surface area contributed by atoms with E-state index in [9.17, 15) is 5.26 Å². The smallest absolute Gasteiger partial charge is 0.136 e. The Morgan fingerprint density at radius 2 is 1.15 bits per heavy atom. The third kappa shape index (κ3) is 4.24. The van der Waals surface area contributed by atoms with Gasteiger partial charge in [-0.05, 0) is 93.0 Å². The van der Waals surface area contributed by atoms with Crippen LogP contribution in [0, 0.1) is 11.3 Å². The van der Waals surface area contributed by atoms with Gasteiger partial charge in [0.1, 0.15) is 11.2 Å². The summed E-state index contributed by atoms with van der Waals surface area (Å²) < 4.78 is 8.89. The number of benzene rings is 7. The normalized spacial score (nSPS) is 11.5. The van der Waals surface area contributed by atoms with Gasteiger partial charge in [0.2, 0.25) is 0 Å². The van der Waals surface area contributed by atoms with E-state index < -0.39 is 0 Å². The van der Waals surface area contributed by atoms with Crippen LogP contribution < -0.4 is 0 Å². The van der Waals surface area contributed by atoms with Crippen LogP contribution in [0.2, 0.25) is 0 Å². The largest absolute Gasteiger partial charge is 0.456 e. The molecule has 9 aromatic rings. The van der Waals surface area contributed by atoms with Gasteiger partial charge in [-0.25, -0.2) is 0 Å². The van der Waals surface area contributed by atoms with E-state index in [1.54, 1.807) is 0 Å². The molecule has 2 heterocycles. The number of furan rings is 1. The molecule has 0 N–H and O–H groups in total. The van der Waals surface area contributed by atoms with Gasteiger partial charge < -0.3 is 4.42 Å². The van der Waals surface area contributed by atoms with Gasteiger partial charge >= 0.3 is 0 Å². The van der Waals surface area contributed by atoms with Gasteiger partial charge in [0, 0.05) is 30.9 Å². The van der Waals surface area contributed by atoms with Crippen molar-refractivity contribution in [2.45, 2.75) is 0 Å². The molecular weight excluding hydrogens is 579 g/mol. The Bertz CT molecular complexity index is 2650. The number of thiophene rings is 1. The molecule has 2 aromatic heterocycles. The summed E-state index contributed by atoms with van der Waals surface area (Å²) in [6, 6.07) is 55.5. The molecule has 0 aliphatic carbocycles. The van der Waals surface area contributed by atoms with Crippen molar-refractivity contribution in [2.24, 2.45) is 0 Å². The molecule has 0 aliphatic heterocycles. The number of hydrogen-bond donors (Lipinski definition) is 0. The first-order valence-electron chi connectivity index (χ1n) is 15.3. The SMILES string of the molecule is N#Cc1cc(-c2ccccc2)cc(-c2c(-c3ccc4sc5ccccc5c4c3)cccc2-c2cccc3oc4ccccc4c23)c1. The molecule has 0 unspecified atom stereocenters. The molecule has 0 atom stereocenters. The molecular formula is C43H25NOS. The average Bonchev–Trinajstić information content (AvgIpc) is 3.69. The van der Waals surface area contributed by atoms with Gasteiger partial charge in [-0.1, -0.05) is 103 Å². The van der Waals surface area contributed by atoms with Gasteiger partial charge in [0.05, 0.1) is 11.6 Å². The fourth-order valence-corrected chi connectivity index (χ4v) is 7.94. The van der Waals surface area contributed by atoms with E-state index in [-0.39, 0.29) is 0 Å². The molecule has 0 saturated heterocycles. The van der Waals surface area contributed by atoms with E-state index in [0.29, 0.717) is 5.56 Å².